The molecule has 0 bridgehead atoms. The predicted octanol–water partition coefficient (Wildman–Crippen LogP) is 19.4. The van der Waals surface area contributed by atoms with Crippen LogP contribution >= 0.6 is 0 Å². The van der Waals surface area contributed by atoms with Gasteiger partial charge < -0.3 is 9.13 Å². The minimum absolute atomic E-state index is 0.0372. The first kappa shape index (κ1) is 52.6. The molecule has 0 spiro atoms. The Balaban J connectivity index is 1.16. The van der Waals surface area contributed by atoms with E-state index in [4.69, 9.17) is 0 Å². The van der Waals surface area contributed by atoms with E-state index in [0.717, 1.165) is 24.3 Å². The van der Waals surface area contributed by atoms with Crippen molar-refractivity contribution < 1.29 is 65.9 Å². The quantitative estimate of drug-likeness (QED) is 0.156. The second kappa shape index (κ2) is 18.6. The molecule has 80 heavy (non-hydrogen) atoms. The van der Waals surface area contributed by atoms with Gasteiger partial charge in [-0.15, -0.1) is 0 Å². The second-order valence-corrected chi connectivity index (χ2v) is 18.6. The lowest BCUT2D eigenvalue weighted by Gasteiger charge is -2.19. The third kappa shape index (κ3) is 9.07. The number of hydrogen-bond acceptors (Lipinski definition) is 2. The molecule has 0 saturated heterocycles. The maximum Gasteiger partial charge on any atom is 0.417 e. The van der Waals surface area contributed by atoms with Crippen LogP contribution in [-0.2, 0) is 30.9 Å². The topological polar surface area (TPSA) is 57.4 Å². The van der Waals surface area contributed by atoms with E-state index >= 15 is 0 Å². The Kier molecular flexibility index (Phi) is 12.2. The molecule has 0 atom stereocenters. The molecule has 2 aromatic heterocycles. The van der Waals surface area contributed by atoms with Gasteiger partial charge in [0.2, 0.25) is 0 Å². The number of rotatable bonds is 6. The molecule has 11 rings (SSSR count). The summed E-state index contributed by atoms with van der Waals surface area (Å²) in [4.78, 5) is 0. The number of benzene rings is 9. The molecule has 0 radical (unpaired) electrons. The van der Waals surface area contributed by atoms with E-state index in [0.29, 0.717) is 73.2 Å². The summed E-state index contributed by atoms with van der Waals surface area (Å²) in [6.07, 6.45) is -25.4. The molecule has 0 saturated carbocycles. The minimum atomic E-state index is -5.21. The molecule has 0 amide bonds. The molecule has 2 heterocycles. The summed E-state index contributed by atoms with van der Waals surface area (Å²) in [7, 11) is 0. The summed E-state index contributed by atoms with van der Waals surface area (Å²) in [5, 5.41) is 22.8. The summed E-state index contributed by atoms with van der Waals surface area (Å²) in [5.74, 6) is 0. The fourth-order valence-electron chi connectivity index (χ4n) is 10.4. The number of para-hydroxylation sites is 2. The summed E-state index contributed by atoms with van der Waals surface area (Å²) in [6, 6.07) is 40.5. The van der Waals surface area contributed by atoms with Crippen LogP contribution in [0, 0.1) is 22.7 Å². The van der Waals surface area contributed by atoms with E-state index in [2.05, 4.69) is 6.07 Å². The number of aromatic nitrogens is 2. The van der Waals surface area contributed by atoms with Gasteiger partial charge in [0, 0.05) is 38.4 Å². The Labute approximate surface area is 441 Å². The van der Waals surface area contributed by atoms with Crippen LogP contribution in [0.4, 0.5) is 65.9 Å². The van der Waals surface area contributed by atoms with Crippen molar-refractivity contribution >= 4 is 43.6 Å². The fraction of sp³-hybridized carbons (Fsp3) is 0.0820. The lowest BCUT2D eigenvalue weighted by Crippen LogP contribution is -2.12. The highest BCUT2D eigenvalue weighted by atomic mass is 19.4. The Morgan fingerprint density at radius 3 is 1.21 bits per heavy atom. The van der Waals surface area contributed by atoms with Crippen LogP contribution in [0.3, 0.4) is 0 Å². The monoisotopic (exact) mass is 1100 g/mol. The van der Waals surface area contributed by atoms with Gasteiger partial charge in [-0.2, -0.15) is 76.4 Å². The Morgan fingerprint density at radius 1 is 0.300 bits per heavy atom. The molecule has 11 aromatic rings. The number of fused-ring (bicyclic) bond motifs is 6. The standard InChI is InChI=1S/C61H29F15N4/c62-57(63,64)37-13-17-41(36(23-37)31-78)32-10-21-56(80-53-8-4-2-6-45(53)48-26-34(12-22-55(48)80)43-19-15-39(59(68,69)70)28-51(43)61(74,75)76)49(24-32)46-29-40(16-9-35(46)30-77)79-52-7-3-1-5-44(52)47-25-33(11-20-54(47)79)42-18-14-38(58(65,66)67)27-50(42)60(71,72)73/h1-29H. The molecule has 0 aliphatic rings. The average molecular weight is 1100 g/mol. The van der Waals surface area contributed by atoms with Crippen LogP contribution in [0.25, 0.3) is 99.5 Å². The third-order valence-electron chi connectivity index (χ3n) is 14.0. The highest BCUT2D eigenvalue weighted by molar-refractivity contribution is 6.12. The highest BCUT2D eigenvalue weighted by Crippen LogP contribution is 2.47. The molecule has 0 aliphatic heterocycles. The number of nitrogens with zero attached hydrogens (tertiary/aromatic N) is 4. The molecular weight excluding hydrogens is 1070 g/mol. The number of halogens is 15. The zero-order valence-corrected chi connectivity index (χ0v) is 40.2. The van der Waals surface area contributed by atoms with E-state index in [9.17, 15) is 76.4 Å². The first-order chi connectivity index (χ1) is 37.7. The normalized spacial score (nSPS) is 12.7. The summed E-state index contributed by atoms with van der Waals surface area (Å²) >= 11 is 0. The lowest BCUT2D eigenvalue weighted by atomic mass is 9.91. The van der Waals surface area contributed by atoms with Gasteiger partial charge in [0.1, 0.15) is 0 Å². The number of hydrogen-bond donors (Lipinski definition) is 0. The van der Waals surface area contributed by atoms with Crippen molar-refractivity contribution in [3.05, 3.63) is 215 Å². The van der Waals surface area contributed by atoms with Crippen molar-refractivity contribution in [2.75, 3.05) is 0 Å². The van der Waals surface area contributed by atoms with E-state index < -0.39 is 69.8 Å². The summed E-state index contributed by atoms with van der Waals surface area (Å²) < 4.78 is 215. The van der Waals surface area contributed by atoms with Crippen molar-refractivity contribution in [1.29, 1.82) is 10.5 Å². The molecule has 0 aliphatic carbocycles. The zero-order chi connectivity index (χ0) is 57.0. The molecule has 9 aromatic carbocycles. The summed E-state index contributed by atoms with van der Waals surface area (Å²) in [6.45, 7) is 0. The van der Waals surface area contributed by atoms with Crippen molar-refractivity contribution in [3.63, 3.8) is 0 Å². The van der Waals surface area contributed by atoms with Gasteiger partial charge in [-0.25, -0.2) is 0 Å². The van der Waals surface area contributed by atoms with E-state index in [-0.39, 0.29) is 56.6 Å². The maximum atomic E-state index is 14.6. The van der Waals surface area contributed by atoms with Gasteiger partial charge in [0.15, 0.2) is 0 Å². The van der Waals surface area contributed by atoms with Crippen LogP contribution in [0.15, 0.2) is 176 Å². The van der Waals surface area contributed by atoms with Crippen molar-refractivity contribution in [3.8, 4) is 68.0 Å². The van der Waals surface area contributed by atoms with Crippen molar-refractivity contribution in [1.82, 2.24) is 9.13 Å². The van der Waals surface area contributed by atoms with Crippen LogP contribution in [0.2, 0.25) is 0 Å². The van der Waals surface area contributed by atoms with Gasteiger partial charge in [-0.1, -0.05) is 72.8 Å². The molecule has 0 fully saturated rings. The summed E-state index contributed by atoms with van der Waals surface area (Å²) in [5.41, 5.74) is -5.62. The van der Waals surface area contributed by atoms with Crippen LogP contribution in [0.5, 0.6) is 0 Å². The first-order valence-electron chi connectivity index (χ1n) is 23.7. The van der Waals surface area contributed by atoms with Crippen molar-refractivity contribution in [2.24, 2.45) is 0 Å². The Bertz CT molecular complexity index is 4440. The largest absolute Gasteiger partial charge is 0.417 e. The van der Waals surface area contributed by atoms with Gasteiger partial charge in [-0.3, -0.25) is 0 Å². The van der Waals surface area contributed by atoms with Crippen LogP contribution in [-0.4, -0.2) is 9.13 Å². The van der Waals surface area contributed by atoms with Gasteiger partial charge in [0.25, 0.3) is 0 Å². The molecule has 398 valence electrons. The molecule has 0 N–H and O–H groups in total. The van der Waals surface area contributed by atoms with E-state index in [1.807, 2.05) is 6.07 Å². The number of alkyl halides is 15. The predicted molar refractivity (Wildman–Crippen MR) is 271 cm³/mol. The zero-order valence-electron chi connectivity index (χ0n) is 40.2. The van der Waals surface area contributed by atoms with Crippen LogP contribution < -0.4 is 0 Å². The first-order valence-corrected chi connectivity index (χ1v) is 23.7. The lowest BCUT2D eigenvalue weighted by molar-refractivity contribution is -0.144. The van der Waals surface area contributed by atoms with Crippen molar-refractivity contribution in [2.45, 2.75) is 30.9 Å². The SMILES string of the molecule is N#Cc1cc(C(F)(F)F)ccc1-c1ccc(-n2c3ccccc3c3cc(-c4ccc(C(F)(F)F)cc4C(F)(F)F)ccc32)c(-c2cc(-n3c4ccccc4c4cc(-c5ccc(C(F)(F)F)cc5C(F)(F)F)ccc43)ccc2C#N)c1. The smallest absolute Gasteiger partial charge is 0.309 e. The van der Waals surface area contributed by atoms with Crippen LogP contribution in [0.1, 0.15) is 38.9 Å². The van der Waals surface area contributed by atoms with E-state index in [1.54, 1.807) is 81.9 Å². The third-order valence-corrected chi connectivity index (χ3v) is 14.0. The fourth-order valence-corrected chi connectivity index (χ4v) is 10.4. The Morgan fingerprint density at radius 2 is 0.725 bits per heavy atom. The number of nitriles is 2. The molecule has 0 unspecified atom stereocenters. The van der Waals surface area contributed by atoms with Gasteiger partial charge >= 0.3 is 30.9 Å². The van der Waals surface area contributed by atoms with Gasteiger partial charge in [-0.05, 0) is 137 Å². The highest BCUT2D eigenvalue weighted by Gasteiger charge is 2.40. The second-order valence-electron chi connectivity index (χ2n) is 18.6. The molecular formula is C61H29F15N4. The Hall–Kier alpha value is -9.49. The minimum Gasteiger partial charge on any atom is -0.309 e. The molecule has 19 heteroatoms. The average Bonchev–Trinajstić information content (AvgIpc) is 4.06. The van der Waals surface area contributed by atoms with Gasteiger partial charge in [0.05, 0.1) is 78.8 Å². The van der Waals surface area contributed by atoms with E-state index in [1.165, 1.54) is 48.5 Å². The molecule has 4 nitrogen and oxygen atoms in total. The maximum absolute atomic E-state index is 14.6.